The molecule has 0 aliphatic heterocycles. The molecule has 12 heavy (non-hydrogen) atoms. The van der Waals surface area contributed by atoms with Crippen LogP contribution in [0.15, 0.2) is 17.4 Å². The molecule has 1 aromatic rings. The first-order valence-electron chi connectivity index (χ1n) is 3.68. The third-order valence-electron chi connectivity index (χ3n) is 1.63. The lowest BCUT2D eigenvalue weighted by atomic mass is 10.2. The maximum Gasteiger partial charge on any atom is 0.267 e. The maximum absolute atomic E-state index is 11.1. The highest BCUT2D eigenvalue weighted by Crippen LogP contribution is 2.02. The molecule has 64 valence electrons. The molecule has 0 bridgehead atoms. The van der Waals surface area contributed by atoms with Gasteiger partial charge in [-0.1, -0.05) is 6.58 Å². The van der Waals surface area contributed by atoms with Crippen LogP contribution >= 0.6 is 0 Å². The van der Waals surface area contributed by atoms with Gasteiger partial charge in [-0.3, -0.25) is 14.6 Å². The van der Waals surface area contributed by atoms with Crippen LogP contribution in [0.25, 0.3) is 5.57 Å². The van der Waals surface area contributed by atoms with Crippen molar-refractivity contribution in [3.8, 4) is 0 Å². The lowest BCUT2D eigenvalue weighted by Gasteiger charge is -1.95. The molecule has 0 aromatic carbocycles. The molecule has 0 radical (unpaired) electrons. The summed E-state index contributed by atoms with van der Waals surface area (Å²) >= 11 is 0. The number of hydrogen-bond donors (Lipinski definition) is 2. The minimum absolute atomic E-state index is 0.0875. The van der Waals surface area contributed by atoms with Gasteiger partial charge < -0.3 is 5.41 Å². The monoisotopic (exact) mass is 165 g/mol. The van der Waals surface area contributed by atoms with Crippen molar-refractivity contribution in [2.75, 3.05) is 0 Å². The van der Waals surface area contributed by atoms with E-state index in [1.54, 1.807) is 0 Å². The van der Waals surface area contributed by atoms with Gasteiger partial charge in [0.15, 0.2) is 0 Å². The SMILES string of the molecule is C=C(C=N)c1cc(=O)n(CC)[nH]1. The normalized spacial score (nSPS) is 9.75. The second-order valence-corrected chi connectivity index (χ2v) is 2.42. The quantitative estimate of drug-likeness (QED) is 0.641. The maximum atomic E-state index is 11.1. The molecule has 0 atom stereocenters. The third-order valence-corrected chi connectivity index (χ3v) is 1.63. The molecule has 0 saturated heterocycles. The largest absolute Gasteiger partial charge is 0.308 e. The Bertz CT molecular complexity index is 359. The summed E-state index contributed by atoms with van der Waals surface area (Å²) in [6, 6.07) is 1.44. The van der Waals surface area contributed by atoms with Crippen LogP contribution in [0.4, 0.5) is 0 Å². The number of nitrogens with one attached hydrogen (secondary N) is 2. The van der Waals surface area contributed by atoms with Gasteiger partial charge in [-0.25, -0.2) is 0 Å². The zero-order chi connectivity index (χ0) is 9.14. The van der Waals surface area contributed by atoms with E-state index in [0.29, 0.717) is 17.8 Å². The third kappa shape index (κ3) is 1.37. The average molecular weight is 165 g/mol. The van der Waals surface area contributed by atoms with E-state index in [4.69, 9.17) is 5.41 Å². The van der Waals surface area contributed by atoms with E-state index in [-0.39, 0.29) is 5.56 Å². The second-order valence-electron chi connectivity index (χ2n) is 2.42. The van der Waals surface area contributed by atoms with Gasteiger partial charge in [0.2, 0.25) is 0 Å². The topological polar surface area (TPSA) is 61.6 Å². The van der Waals surface area contributed by atoms with Crippen LogP contribution in [0.5, 0.6) is 0 Å². The molecule has 1 rings (SSSR count). The van der Waals surface area contributed by atoms with Crippen molar-refractivity contribution in [1.29, 1.82) is 5.41 Å². The van der Waals surface area contributed by atoms with Crippen LogP contribution in [-0.4, -0.2) is 16.0 Å². The van der Waals surface area contributed by atoms with Crippen LogP contribution in [0.2, 0.25) is 0 Å². The van der Waals surface area contributed by atoms with E-state index < -0.39 is 0 Å². The van der Waals surface area contributed by atoms with E-state index >= 15 is 0 Å². The molecule has 4 heteroatoms. The summed E-state index contributed by atoms with van der Waals surface area (Å²) in [6.45, 7) is 6.08. The summed E-state index contributed by atoms with van der Waals surface area (Å²) in [5.41, 5.74) is 1.03. The Hall–Kier alpha value is -1.58. The highest BCUT2D eigenvalue weighted by Gasteiger charge is 2.01. The lowest BCUT2D eigenvalue weighted by Crippen LogP contribution is -2.13. The van der Waals surface area contributed by atoms with E-state index in [0.717, 1.165) is 6.21 Å². The highest BCUT2D eigenvalue weighted by atomic mass is 16.1. The zero-order valence-electron chi connectivity index (χ0n) is 6.92. The van der Waals surface area contributed by atoms with Gasteiger partial charge in [0.1, 0.15) is 0 Å². The Morgan fingerprint density at radius 1 is 1.92 bits per heavy atom. The fraction of sp³-hybridized carbons (Fsp3) is 0.250. The Morgan fingerprint density at radius 2 is 2.58 bits per heavy atom. The van der Waals surface area contributed by atoms with E-state index in [2.05, 4.69) is 11.7 Å². The van der Waals surface area contributed by atoms with Gasteiger partial charge in [-0.15, -0.1) is 0 Å². The number of aryl methyl sites for hydroxylation is 1. The molecule has 0 unspecified atom stereocenters. The molecule has 0 fully saturated rings. The van der Waals surface area contributed by atoms with Gasteiger partial charge in [-0.05, 0) is 6.92 Å². The number of nitrogens with zero attached hydrogens (tertiary/aromatic N) is 1. The number of aromatic nitrogens is 2. The number of H-pyrrole nitrogens is 1. The number of hydrogen-bond acceptors (Lipinski definition) is 2. The average Bonchev–Trinajstić information content (AvgIpc) is 2.45. The Kier molecular flexibility index (Phi) is 2.28. The van der Waals surface area contributed by atoms with Crippen molar-refractivity contribution < 1.29 is 0 Å². The number of aromatic amines is 1. The smallest absolute Gasteiger partial charge is 0.267 e. The summed E-state index contributed by atoms with van der Waals surface area (Å²) in [7, 11) is 0. The molecule has 0 aliphatic rings. The van der Waals surface area contributed by atoms with Crippen molar-refractivity contribution in [2.24, 2.45) is 0 Å². The predicted molar refractivity (Wildman–Crippen MR) is 48.5 cm³/mol. The molecule has 1 aromatic heterocycles. The lowest BCUT2D eigenvalue weighted by molar-refractivity contribution is 0.636. The molecule has 0 amide bonds. The van der Waals surface area contributed by atoms with E-state index in [1.807, 2.05) is 6.92 Å². The van der Waals surface area contributed by atoms with E-state index in [1.165, 1.54) is 10.7 Å². The fourth-order valence-electron chi connectivity index (χ4n) is 0.911. The number of rotatable bonds is 3. The van der Waals surface area contributed by atoms with Crippen LogP contribution in [0.3, 0.4) is 0 Å². The molecular formula is C8H11N3O. The molecule has 0 aliphatic carbocycles. The minimum Gasteiger partial charge on any atom is -0.308 e. The minimum atomic E-state index is -0.0875. The summed E-state index contributed by atoms with van der Waals surface area (Å²) in [4.78, 5) is 11.1. The van der Waals surface area contributed by atoms with Crippen molar-refractivity contribution in [3.63, 3.8) is 0 Å². The van der Waals surface area contributed by atoms with Gasteiger partial charge in [0.25, 0.3) is 5.56 Å². The van der Waals surface area contributed by atoms with E-state index in [9.17, 15) is 4.79 Å². The van der Waals surface area contributed by atoms with Gasteiger partial charge in [-0.2, -0.15) is 0 Å². The van der Waals surface area contributed by atoms with Gasteiger partial charge in [0, 0.05) is 24.4 Å². The van der Waals surface area contributed by atoms with Crippen LogP contribution in [-0.2, 0) is 6.54 Å². The second kappa shape index (κ2) is 3.21. The van der Waals surface area contributed by atoms with Gasteiger partial charge in [0.05, 0.1) is 5.69 Å². The zero-order valence-corrected chi connectivity index (χ0v) is 6.92. The summed E-state index contributed by atoms with van der Waals surface area (Å²) in [5.74, 6) is 0. The van der Waals surface area contributed by atoms with Crippen LogP contribution in [0.1, 0.15) is 12.6 Å². The van der Waals surface area contributed by atoms with Crippen molar-refractivity contribution >= 4 is 11.8 Å². The molecule has 4 nitrogen and oxygen atoms in total. The van der Waals surface area contributed by atoms with Gasteiger partial charge >= 0.3 is 0 Å². The van der Waals surface area contributed by atoms with Crippen LogP contribution < -0.4 is 5.56 Å². The molecule has 1 heterocycles. The van der Waals surface area contributed by atoms with Crippen molar-refractivity contribution in [3.05, 3.63) is 28.7 Å². The first-order chi connectivity index (χ1) is 5.69. The Labute approximate surface area is 70.0 Å². The van der Waals surface area contributed by atoms with Crippen molar-refractivity contribution in [2.45, 2.75) is 13.5 Å². The summed E-state index contributed by atoms with van der Waals surface area (Å²) in [6.07, 6.45) is 1.12. The van der Waals surface area contributed by atoms with Crippen LogP contribution in [0, 0.1) is 5.41 Å². The first-order valence-corrected chi connectivity index (χ1v) is 3.68. The Morgan fingerprint density at radius 3 is 3.00 bits per heavy atom. The molecule has 2 N–H and O–H groups in total. The summed E-state index contributed by atoms with van der Waals surface area (Å²) in [5, 5.41) is 9.76. The molecular weight excluding hydrogens is 154 g/mol. The highest BCUT2D eigenvalue weighted by molar-refractivity contribution is 6.06. The fourth-order valence-corrected chi connectivity index (χ4v) is 0.911. The molecule has 0 spiro atoms. The predicted octanol–water partition coefficient (Wildman–Crippen LogP) is 0.859. The summed E-state index contributed by atoms with van der Waals surface area (Å²) < 4.78 is 1.46. The molecule has 0 saturated carbocycles. The standard InChI is InChI=1S/C8H11N3O/c1-3-11-8(12)4-7(10-11)6(2)5-9/h4-5,9-10H,2-3H2,1H3. The first kappa shape index (κ1) is 8.52. The Balaban J connectivity index is 3.13. The van der Waals surface area contributed by atoms with Crippen molar-refractivity contribution in [1.82, 2.24) is 9.78 Å². The number of allylic oxidation sites excluding steroid dienone is 1.